The van der Waals surface area contributed by atoms with Crippen molar-refractivity contribution in [1.29, 1.82) is 0 Å². The summed E-state index contributed by atoms with van der Waals surface area (Å²) in [5.74, 6) is 0.497. The molecule has 0 amide bonds. The van der Waals surface area contributed by atoms with Crippen LogP contribution in [-0.4, -0.2) is 18.5 Å². The first-order valence-corrected chi connectivity index (χ1v) is 3.45. The largest absolute Gasteiger partial charge is 0.292 e. The van der Waals surface area contributed by atoms with Gasteiger partial charge >= 0.3 is 0 Å². The zero-order chi connectivity index (χ0) is 7.56. The molecule has 0 saturated carbocycles. The summed E-state index contributed by atoms with van der Waals surface area (Å²) in [5.41, 5.74) is 0.898. The van der Waals surface area contributed by atoms with E-state index in [9.17, 15) is 4.79 Å². The summed E-state index contributed by atoms with van der Waals surface area (Å²) >= 11 is 0. The van der Waals surface area contributed by atoms with E-state index in [2.05, 4.69) is 4.99 Å². The third kappa shape index (κ3) is 1.32. The van der Waals surface area contributed by atoms with Crippen LogP contribution >= 0.6 is 0 Å². The Bertz CT molecular complexity index is 201. The van der Waals surface area contributed by atoms with E-state index in [1.165, 1.54) is 0 Å². The van der Waals surface area contributed by atoms with Gasteiger partial charge in [0, 0.05) is 11.8 Å². The van der Waals surface area contributed by atoms with Crippen LogP contribution in [0.3, 0.4) is 0 Å². The maximum atomic E-state index is 11.1. The first kappa shape index (κ1) is 7.19. The zero-order valence-electron chi connectivity index (χ0n) is 6.29. The molecule has 1 aliphatic rings. The molecule has 0 fully saturated rings. The van der Waals surface area contributed by atoms with Crippen molar-refractivity contribution in [3.05, 3.63) is 11.6 Å². The number of ketones is 1. The van der Waals surface area contributed by atoms with Gasteiger partial charge in [-0.15, -0.1) is 0 Å². The van der Waals surface area contributed by atoms with Crippen LogP contribution in [0.5, 0.6) is 0 Å². The predicted octanol–water partition coefficient (Wildman–Crippen LogP) is 1.22. The van der Waals surface area contributed by atoms with E-state index in [4.69, 9.17) is 0 Å². The maximum absolute atomic E-state index is 11.1. The van der Waals surface area contributed by atoms with Gasteiger partial charge in [0.1, 0.15) is 6.54 Å². The van der Waals surface area contributed by atoms with E-state index >= 15 is 0 Å². The molecule has 1 aliphatic heterocycles. The average molecular weight is 137 g/mol. The van der Waals surface area contributed by atoms with E-state index in [1.807, 2.05) is 13.8 Å². The molecule has 1 heterocycles. The molecule has 1 rings (SSSR count). The summed E-state index contributed by atoms with van der Waals surface area (Å²) in [6.45, 7) is 4.37. The van der Waals surface area contributed by atoms with Crippen molar-refractivity contribution in [2.75, 3.05) is 6.54 Å². The highest BCUT2D eigenvalue weighted by molar-refractivity contribution is 6.03. The molecule has 0 radical (unpaired) electrons. The summed E-state index contributed by atoms with van der Waals surface area (Å²) in [5, 5.41) is 0. The first-order valence-electron chi connectivity index (χ1n) is 3.45. The Kier molecular flexibility index (Phi) is 2.00. The maximum Gasteiger partial charge on any atom is 0.180 e. The van der Waals surface area contributed by atoms with Crippen molar-refractivity contribution in [2.45, 2.75) is 13.8 Å². The minimum atomic E-state index is 0.164. The fourth-order valence-corrected chi connectivity index (χ4v) is 0.967. The lowest BCUT2D eigenvalue weighted by Crippen LogP contribution is -2.14. The Balaban J connectivity index is 2.80. The van der Waals surface area contributed by atoms with Crippen molar-refractivity contribution < 1.29 is 4.79 Å². The molecule has 0 unspecified atom stereocenters. The Morgan fingerprint density at radius 2 is 2.30 bits per heavy atom. The van der Waals surface area contributed by atoms with Gasteiger partial charge in [-0.3, -0.25) is 9.79 Å². The minimum absolute atomic E-state index is 0.164. The number of Topliss-reactive ketones (excluding diaryl/α,β-unsaturated/α-hetero) is 1. The van der Waals surface area contributed by atoms with Crippen molar-refractivity contribution in [3.63, 3.8) is 0 Å². The Hall–Kier alpha value is -0.920. The summed E-state index contributed by atoms with van der Waals surface area (Å²) in [7, 11) is 0. The van der Waals surface area contributed by atoms with Crippen LogP contribution in [0, 0.1) is 5.92 Å². The highest BCUT2D eigenvalue weighted by Crippen LogP contribution is 2.11. The van der Waals surface area contributed by atoms with E-state index in [0.29, 0.717) is 12.5 Å². The van der Waals surface area contributed by atoms with Crippen LogP contribution in [-0.2, 0) is 4.79 Å². The van der Waals surface area contributed by atoms with E-state index < -0.39 is 0 Å². The van der Waals surface area contributed by atoms with Crippen LogP contribution in [0.15, 0.2) is 16.6 Å². The lowest BCUT2D eigenvalue weighted by Gasteiger charge is -2.09. The number of allylic oxidation sites excluding steroid dienone is 1. The number of aliphatic imine (C=N–C) groups is 1. The van der Waals surface area contributed by atoms with Gasteiger partial charge in [0.25, 0.3) is 0 Å². The van der Waals surface area contributed by atoms with Crippen LogP contribution in [0.1, 0.15) is 13.8 Å². The number of dihydropyridines is 1. The van der Waals surface area contributed by atoms with Crippen molar-refractivity contribution in [1.82, 2.24) is 0 Å². The first-order chi connectivity index (χ1) is 4.72. The molecule has 10 heavy (non-hydrogen) atoms. The molecule has 0 bridgehead atoms. The van der Waals surface area contributed by atoms with E-state index in [0.717, 1.165) is 5.57 Å². The van der Waals surface area contributed by atoms with Gasteiger partial charge in [-0.25, -0.2) is 0 Å². The predicted molar refractivity (Wildman–Crippen MR) is 41.3 cm³/mol. The SMILES string of the molecule is CC(C)C1=CC=NCC1=O. The van der Waals surface area contributed by atoms with Crippen molar-refractivity contribution >= 4 is 12.0 Å². The molecule has 2 heteroatoms. The standard InChI is InChI=1S/C8H11NO/c1-6(2)7-3-4-9-5-8(7)10/h3-4,6H,5H2,1-2H3. The smallest absolute Gasteiger partial charge is 0.180 e. The number of hydrogen-bond acceptors (Lipinski definition) is 2. The number of carbonyl (C=O) groups is 1. The third-order valence-corrected chi connectivity index (χ3v) is 1.54. The molecule has 2 nitrogen and oxygen atoms in total. The Labute approximate surface area is 60.7 Å². The quantitative estimate of drug-likeness (QED) is 0.534. The molecular weight excluding hydrogens is 126 g/mol. The van der Waals surface area contributed by atoms with Gasteiger partial charge in [-0.1, -0.05) is 13.8 Å². The topological polar surface area (TPSA) is 29.4 Å². The lowest BCUT2D eigenvalue weighted by molar-refractivity contribution is -0.114. The van der Waals surface area contributed by atoms with Gasteiger partial charge in [-0.2, -0.15) is 0 Å². The highest BCUT2D eigenvalue weighted by Gasteiger charge is 2.13. The summed E-state index contributed by atoms with van der Waals surface area (Å²) < 4.78 is 0. The Morgan fingerprint density at radius 1 is 1.60 bits per heavy atom. The summed E-state index contributed by atoms with van der Waals surface area (Å²) in [6.07, 6.45) is 3.51. The number of nitrogens with zero attached hydrogens (tertiary/aromatic N) is 1. The number of hydrogen-bond donors (Lipinski definition) is 0. The Morgan fingerprint density at radius 3 is 2.70 bits per heavy atom. The molecule has 0 atom stereocenters. The third-order valence-electron chi connectivity index (χ3n) is 1.54. The zero-order valence-corrected chi connectivity index (χ0v) is 6.29. The van der Waals surface area contributed by atoms with Gasteiger partial charge in [-0.05, 0) is 12.0 Å². The normalized spacial score (nSPS) is 17.9. The second kappa shape index (κ2) is 2.78. The number of rotatable bonds is 1. The molecule has 0 aromatic carbocycles. The van der Waals surface area contributed by atoms with E-state index in [1.54, 1.807) is 12.3 Å². The van der Waals surface area contributed by atoms with Crippen molar-refractivity contribution in [2.24, 2.45) is 10.9 Å². The fraction of sp³-hybridized carbons (Fsp3) is 0.500. The molecule has 54 valence electrons. The second-order valence-corrected chi connectivity index (χ2v) is 2.69. The van der Waals surface area contributed by atoms with Crippen molar-refractivity contribution in [3.8, 4) is 0 Å². The molecule has 0 saturated heterocycles. The number of carbonyl (C=O) groups excluding carboxylic acids is 1. The molecule has 0 spiro atoms. The van der Waals surface area contributed by atoms with E-state index in [-0.39, 0.29) is 5.78 Å². The van der Waals surface area contributed by atoms with Crippen LogP contribution in [0.25, 0.3) is 0 Å². The molecule has 0 aliphatic carbocycles. The van der Waals surface area contributed by atoms with Crippen LogP contribution in [0.4, 0.5) is 0 Å². The average Bonchev–Trinajstić information content (AvgIpc) is 1.88. The molecule has 0 N–H and O–H groups in total. The lowest BCUT2D eigenvalue weighted by atomic mass is 9.98. The van der Waals surface area contributed by atoms with Crippen LogP contribution in [0.2, 0.25) is 0 Å². The summed E-state index contributed by atoms with van der Waals surface area (Å²) in [4.78, 5) is 14.9. The molecular formula is C8H11NO. The highest BCUT2D eigenvalue weighted by atomic mass is 16.1. The fourth-order valence-electron chi connectivity index (χ4n) is 0.967. The molecule has 0 aromatic rings. The van der Waals surface area contributed by atoms with Crippen LogP contribution < -0.4 is 0 Å². The molecule has 0 aromatic heterocycles. The summed E-state index contributed by atoms with van der Waals surface area (Å²) in [6, 6.07) is 0. The van der Waals surface area contributed by atoms with Gasteiger partial charge in [0.15, 0.2) is 5.78 Å². The minimum Gasteiger partial charge on any atom is -0.292 e. The monoisotopic (exact) mass is 137 g/mol. The second-order valence-electron chi connectivity index (χ2n) is 2.69. The van der Waals surface area contributed by atoms with Gasteiger partial charge in [0.2, 0.25) is 0 Å². The van der Waals surface area contributed by atoms with Gasteiger partial charge < -0.3 is 0 Å². The van der Waals surface area contributed by atoms with Gasteiger partial charge in [0.05, 0.1) is 0 Å².